The molecule has 1 atom stereocenters. The van der Waals surface area contributed by atoms with Gasteiger partial charge in [0, 0.05) is 6.20 Å². The normalized spacial score (nSPS) is 16.7. The first-order chi connectivity index (χ1) is 14.4. The van der Waals surface area contributed by atoms with E-state index in [1.165, 1.54) is 17.2 Å². The number of amides is 3. The largest absolute Gasteiger partial charge is 0.346 e. The monoisotopic (exact) mass is 405 g/mol. The van der Waals surface area contributed by atoms with Crippen molar-refractivity contribution in [1.82, 2.24) is 20.2 Å². The molecule has 0 radical (unpaired) electrons. The number of halogens is 1. The molecular formula is C20H16FN7O2. The fraction of sp³-hybridized carbons (Fsp3) is 0.300. The van der Waals surface area contributed by atoms with E-state index in [2.05, 4.69) is 20.6 Å². The zero-order valence-corrected chi connectivity index (χ0v) is 15.9. The number of nitrogens with zero attached hydrogens (tertiary/aromatic N) is 5. The minimum Gasteiger partial charge on any atom is -0.346 e. The Morgan fingerprint density at radius 3 is 2.80 bits per heavy atom. The van der Waals surface area contributed by atoms with Crippen molar-refractivity contribution in [3.8, 4) is 12.1 Å². The number of carbonyl (C=O) groups is 2. The van der Waals surface area contributed by atoms with Gasteiger partial charge in [0.05, 0.1) is 34.2 Å². The first kappa shape index (κ1) is 19.3. The smallest absolute Gasteiger partial charge is 0.323 e. The Morgan fingerprint density at radius 2 is 2.17 bits per heavy atom. The van der Waals surface area contributed by atoms with Gasteiger partial charge in [-0.15, -0.1) is 0 Å². The number of hydrogen-bond acceptors (Lipinski definition) is 6. The molecule has 2 aromatic rings. The molecule has 2 aromatic heterocycles. The van der Waals surface area contributed by atoms with Crippen LogP contribution in [0.4, 0.5) is 14.9 Å². The molecule has 1 fully saturated rings. The molecule has 1 spiro atoms. The third kappa shape index (κ3) is 3.18. The molecule has 30 heavy (non-hydrogen) atoms. The van der Waals surface area contributed by atoms with Gasteiger partial charge in [-0.25, -0.2) is 14.2 Å². The average Bonchev–Trinajstić information content (AvgIpc) is 3.52. The van der Waals surface area contributed by atoms with Crippen molar-refractivity contribution in [2.45, 2.75) is 31.3 Å². The molecule has 150 valence electrons. The van der Waals surface area contributed by atoms with Gasteiger partial charge in [0.15, 0.2) is 0 Å². The second-order valence-electron chi connectivity index (χ2n) is 7.24. The van der Waals surface area contributed by atoms with E-state index < -0.39 is 29.3 Å². The lowest BCUT2D eigenvalue weighted by atomic mass is 10.0. The second kappa shape index (κ2) is 7.08. The van der Waals surface area contributed by atoms with Crippen molar-refractivity contribution < 1.29 is 14.0 Å². The number of hydrogen-bond donors (Lipinski definition) is 2. The molecule has 1 aliphatic heterocycles. The maximum atomic E-state index is 14.2. The topological polar surface area (TPSA) is 135 Å². The maximum absolute atomic E-state index is 14.2. The van der Waals surface area contributed by atoms with E-state index in [-0.39, 0.29) is 23.5 Å². The number of pyridine rings is 2. The number of rotatable bonds is 4. The zero-order chi connectivity index (χ0) is 21.5. The minimum atomic E-state index is -0.760. The molecule has 1 aliphatic carbocycles. The van der Waals surface area contributed by atoms with E-state index in [4.69, 9.17) is 10.5 Å². The van der Waals surface area contributed by atoms with Gasteiger partial charge < -0.3 is 15.5 Å². The molecular weight excluding hydrogens is 389 g/mol. The summed E-state index contributed by atoms with van der Waals surface area (Å²) in [5, 5.41) is 23.3. The minimum absolute atomic E-state index is 0.00254. The van der Waals surface area contributed by atoms with E-state index in [1.54, 1.807) is 19.1 Å². The molecule has 2 N–H and O–H groups in total. The number of carbonyl (C=O) groups excluding carboxylic acids is 2. The highest BCUT2D eigenvalue weighted by Gasteiger charge is 2.57. The Morgan fingerprint density at radius 1 is 1.40 bits per heavy atom. The second-order valence-corrected chi connectivity index (χ2v) is 7.24. The first-order valence-electron chi connectivity index (χ1n) is 9.23. The van der Waals surface area contributed by atoms with Crippen LogP contribution in [0.2, 0.25) is 0 Å². The van der Waals surface area contributed by atoms with Gasteiger partial charge in [-0.05, 0) is 38.0 Å². The van der Waals surface area contributed by atoms with Crippen LogP contribution < -0.4 is 10.6 Å². The van der Waals surface area contributed by atoms with E-state index in [0.29, 0.717) is 24.2 Å². The summed E-state index contributed by atoms with van der Waals surface area (Å²) >= 11 is 0. The molecule has 3 heterocycles. The maximum Gasteiger partial charge on any atom is 0.323 e. The summed E-state index contributed by atoms with van der Waals surface area (Å²) in [4.78, 5) is 34.9. The Kier molecular flexibility index (Phi) is 4.55. The van der Waals surface area contributed by atoms with E-state index in [1.807, 2.05) is 6.07 Å². The number of nitrogens with one attached hydrogen (secondary N) is 2. The van der Waals surface area contributed by atoms with Crippen LogP contribution in [0.3, 0.4) is 0 Å². The number of anilines is 1. The lowest BCUT2D eigenvalue weighted by molar-refractivity contribution is -0.123. The molecule has 0 unspecified atom stereocenters. The summed E-state index contributed by atoms with van der Waals surface area (Å²) in [5.41, 5.74) is 0.697. The third-order valence-corrected chi connectivity index (χ3v) is 5.27. The van der Waals surface area contributed by atoms with Gasteiger partial charge in [-0.1, -0.05) is 0 Å². The standard InChI is InChI=1S/C20H16FN7O2/c1-11(17-14(21)6-12(7-22)9-24-17)25-16(29)10-28-19(30)27-15-3-2-13(8-23)26-18(15)20(28)4-5-20/h2-3,6,9,11H,4-5,10H2,1H3,(H,25,29)(H,27,30)/t11-/m0/s1. The van der Waals surface area contributed by atoms with Gasteiger partial charge in [0.1, 0.15) is 30.2 Å². The predicted octanol–water partition coefficient (Wildman–Crippen LogP) is 2.07. The van der Waals surface area contributed by atoms with Crippen LogP contribution >= 0.6 is 0 Å². The quantitative estimate of drug-likeness (QED) is 0.799. The van der Waals surface area contributed by atoms with E-state index in [9.17, 15) is 14.0 Å². The number of urea groups is 1. The van der Waals surface area contributed by atoms with Gasteiger partial charge >= 0.3 is 6.03 Å². The summed E-state index contributed by atoms with van der Waals surface area (Å²) in [5.74, 6) is -1.19. The summed E-state index contributed by atoms with van der Waals surface area (Å²) in [6, 6.07) is 6.80. The molecule has 0 saturated heterocycles. The van der Waals surface area contributed by atoms with Crippen molar-refractivity contribution in [2.24, 2.45) is 0 Å². The molecule has 0 aromatic carbocycles. The predicted molar refractivity (Wildman–Crippen MR) is 101 cm³/mol. The van der Waals surface area contributed by atoms with Crippen LogP contribution in [0.15, 0.2) is 24.4 Å². The van der Waals surface area contributed by atoms with Crippen molar-refractivity contribution in [2.75, 3.05) is 11.9 Å². The zero-order valence-electron chi connectivity index (χ0n) is 15.9. The van der Waals surface area contributed by atoms with Gasteiger partial charge in [0.25, 0.3) is 0 Å². The number of aromatic nitrogens is 2. The fourth-order valence-corrected chi connectivity index (χ4v) is 3.66. The third-order valence-electron chi connectivity index (χ3n) is 5.27. The Bertz CT molecular complexity index is 1150. The summed E-state index contributed by atoms with van der Waals surface area (Å²) in [6.45, 7) is 1.31. The van der Waals surface area contributed by atoms with E-state index in [0.717, 1.165) is 6.07 Å². The van der Waals surface area contributed by atoms with Crippen LogP contribution in [0.5, 0.6) is 0 Å². The highest BCUT2D eigenvalue weighted by atomic mass is 19.1. The molecule has 3 amide bonds. The highest BCUT2D eigenvalue weighted by Crippen LogP contribution is 2.54. The van der Waals surface area contributed by atoms with Crippen LogP contribution in [-0.4, -0.2) is 33.4 Å². The lowest BCUT2D eigenvalue weighted by Gasteiger charge is -2.36. The molecule has 4 rings (SSSR count). The molecule has 0 bridgehead atoms. The summed E-state index contributed by atoms with van der Waals surface area (Å²) in [7, 11) is 0. The lowest BCUT2D eigenvalue weighted by Crippen LogP contribution is -2.52. The molecule has 10 heteroatoms. The first-order valence-corrected chi connectivity index (χ1v) is 9.23. The van der Waals surface area contributed by atoms with Crippen molar-refractivity contribution in [3.05, 3.63) is 52.9 Å². The van der Waals surface area contributed by atoms with Gasteiger partial charge in [-0.2, -0.15) is 10.5 Å². The van der Waals surface area contributed by atoms with Crippen LogP contribution in [0.1, 0.15) is 48.5 Å². The van der Waals surface area contributed by atoms with Crippen LogP contribution in [0.25, 0.3) is 0 Å². The highest BCUT2D eigenvalue weighted by molar-refractivity contribution is 5.96. The Labute approximate surface area is 171 Å². The molecule has 2 aliphatic rings. The molecule has 9 nitrogen and oxygen atoms in total. The summed E-state index contributed by atoms with van der Waals surface area (Å²) in [6.07, 6.45) is 2.49. The average molecular weight is 405 g/mol. The van der Waals surface area contributed by atoms with E-state index >= 15 is 0 Å². The Hall–Kier alpha value is -4.05. The Balaban J connectivity index is 1.51. The van der Waals surface area contributed by atoms with Crippen molar-refractivity contribution >= 4 is 17.6 Å². The SMILES string of the molecule is C[C@H](NC(=O)CN1C(=O)Nc2ccc(C#N)nc2C12CC2)c1ncc(C#N)cc1F. The summed E-state index contributed by atoms with van der Waals surface area (Å²) < 4.78 is 14.2. The van der Waals surface area contributed by atoms with Gasteiger partial charge in [0.2, 0.25) is 5.91 Å². The number of nitriles is 2. The van der Waals surface area contributed by atoms with Gasteiger partial charge in [-0.3, -0.25) is 9.78 Å². The number of fused-ring (bicyclic) bond motifs is 2. The van der Waals surface area contributed by atoms with Crippen LogP contribution in [-0.2, 0) is 10.3 Å². The van der Waals surface area contributed by atoms with Crippen molar-refractivity contribution in [1.29, 1.82) is 10.5 Å². The fourth-order valence-electron chi connectivity index (χ4n) is 3.66. The molecule has 1 saturated carbocycles. The van der Waals surface area contributed by atoms with Crippen LogP contribution in [0, 0.1) is 28.5 Å². The van der Waals surface area contributed by atoms with Crippen molar-refractivity contribution in [3.63, 3.8) is 0 Å².